The van der Waals surface area contributed by atoms with E-state index in [1.54, 1.807) is 35.6 Å². The third kappa shape index (κ3) is 7.63. The number of aromatic nitrogens is 1. The van der Waals surface area contributed by atoms with Crippen LogP contribution in [0.4, 0.5) is 10.5 Å². The van der Waals surface area contributed by atoms with Gasteiger partial charge in [-0.25, -0.2) is 18.2 Å². The molecule has 0 saturated heterocycles. The summed E-state index contributed by atoms with van der Waals surface area (Å²) in [7, 11) is -1.51. The van der Waals surface area contributed by atoms with Crippen molar-refractivity contribution >= 4 is 51.3 Å². The topological polar surface area (TPSA) is 126 Å². The summed E-state index contributed by atoms with van der Waals surface area (Å²) in [5, 5.41) is 10.4. The van der Waals surface area contributed by atoms with E-state index in [2.05, 4.69) is 15.4 Å². The zero-order valence-corrected chi connectivity index (χ0v) is 22.9. The third-order valence-electron chi connectivity index (χ3n) is 5.62. The minimum atomic E-state index is -2.76. The van der Waals surface area contributed by atoms with Gasteiger partial charge in [-0.05, 0) is 41.1 Å². The molecule has 0 aliphatic heterocycles. The van der Waals surface area contributed by atoms with Crippen molar-refractivity contribution in [2.45, 2.75) is 24.9 Å². The summed E-state index contributed by atoms with van der Waals surface area (Å²) in [5.74, 6) is -0.378. The number of alkyl carbamates (subject to hydrolysis) is 1. The summed E-state index contributed by atoms with van der Waals surface area (Å²) in [5.41, 5.74) is 2.89. The number of ether oxygens (including phenoxy) is 1. The van der Waals surface area contributed by atoms with Crippen LogP contribution in [0.2, 0.25) is 0 Å². The molecule has 198 valence electrons. The molecule has 0 fully saturated rings. The molecule has 0 aliphatic carbocycles. The fraction of sp³-hybridized carbons (Fsp3) is 0.192. The highest BCUT2D eigenvalue weighted by Crippen LogP contribution is 2.31. The Hall–Kier alpha value is -3.74. The molecule has 4 aromatic rings. The van der Waals surface area contributed by atoms with Gasteiger partial charge in [-0.1, -0.05) is 48.5 Å². The first-order valence-electron chi connectivity index (χ1n) is 11.6. The number of amides is 2. The fourth-order valence-corrected chi connectivity index (χ4v) is 5.83. The number of rotatable bonds is 11. The molecule has 0 bridgehead atoms. The third-order valence-corrected chi connectivity index (χ3v) is 7.96. The van der Waals surface area contributed by atoms with Gasteiger partial charge in [-0.15, -0.1) is 22.7 Å². The van der Waals surface area contributed by atoms with E-state index < -0.39 is 29.1 Å². The first-order valence-corrected chi connectivity index (χ1v) is 14.5. The Morgan fingerprint density at radius 1 is 0.921 bits per heavy atom. The summed E-state index contributed by atoms with van der Waals surface area (Å²) in [4.78, 5) is 31.4. The molecule has 12 heteroatoms. The lowest BCUT2D eigenvalue weighted by atomic mass is 10.0. The summed E-state index contributed by atoms with van der Waals surface area (Å²) in [6.07, 6.45) is -0.0230. The monoisotopic (exact) mass is 570 g/mol. The van der Waals surface area contributed by atoms with Crippen molar-refractivity contribution in [1.29, 1.82) is 0 Å². The SMILES string of the molecule is COC(=O)N[C@H](Cc1ccccc1)C(=O)N[C@@H](Cc1ccc(N[SH](=O)=O)cc1)c1csc(-c2cccs2)n1. The molecule has 2 aromatic heterocycles. The molecule has 38 heavy (non-hydrogen) atoms. The Kier molecular flexibility index (Phi) is 9.46. The highest BCUT2D eigenvalue weighted by molar-refractivity contribution is 7.73. The Morgan fingerprint density at radius 3 is 2.32 bits per heavy atom. The number of methoxy groups -OCH3 is 1. The van der Waals surface area contributed by atoms with Crippen LogP contribution >= 0.6 is 22.7 Å². The van der Waals surface area contributed by atoms with Crippen LogP contribution in [0.1, 0.15) is 22.9 Å². The number of hydrogen-bond donors (Lipinski definition) is 4. The highest BCUT2D eigenvalue weighted by atomic mass is 32.2. The molecule has 0 aliphatic rings. The Morgan fingerprint density at radius 2 is 1.66 bits per heavy atom. The molecule has 0 saturated carbocycles. The van der Waals surface area contributed by atoms with Crippen molar-refractivity contribution < 1.29 is 22.7 Å². The zero-order chi connectivity index (χ0) is 26.9. The van der Waals surface area contributed by atoms with Crippen LogP contribution in [0, 0.1) is 0 Å². The first-order chi connectivity index (χ1) is 18.4. The maximum atomic E-state index is 13.5. The van der Waals surface area contributed by atoms with Crippen LogP contribution in [0.5, 0.6) is 0 Å². The molecule has 9 nitrogen and oxygen atoms in total. The van der Waals surface area contributed by atoms with Gasteiger partial charge in [-0.2, -0.15) is 0 Å². The van der Waals surface area contributed by atoms with Crippen molar-refractivity contribution in [3.8, 4) is 9.88 Å². The second kappa shape index (κ2) is 13.2. The van der Waals surface area contributed by atoms with Gasteiger partial charge in [0.25, 0.3) is 0 Å². The summed E-state index contributed by atoms with van der Waals surface area (Å²) in [6, 6.07) is 18.9. The number of thiazole rings is 1. The first kappa shape index (κ1) is 27.3. The van der Waals surface area contributed by atoms with E-state index in [1.807, 2.05) is 53.2 Å². The molecule has 0 radical (unpaired) electrons. The second-order valence-corrected chi connectivity index (χ2v) is 10.8. The summed E-state index contributed by atoms with van der Waals surface area (Å²) >= 11 is 3.07. The molecule has 2 aromatic carbocycles. The molecule has 4 rings (SSSR count). The summed E-state index contributed by atoms with van der Waals surface area (Å²) < 4.78 is 29.0. The van der Waals surface area contributed by atoms with Gasteiger partial charge < -0.3 is 15.4 Å². The van der Waals surface area contributed by atoms with Gasteiger partial charge in [0, 0.05) is 17.5 Å². The number of anilines is 1. The lowest BCUT2D eigenvalue weighted by molar-refractivity contribution is -0.123. The molecule has 2 heterocycles. The quantitative estimate of drug-likeness (QED) is 0.201. The van der Waals surface area contributed by atoms with Crippen LogP contribution in [-0.4, -0.2) is 38.6 Å². The van der Waals surface area contributed by atoms with E-state index in [1.165, 1.54) is 18.4 Å². The van der Waals surface area contributed by atoms with Gasteiger partial charge in [0.05, 0.1) is 23.7 Å². The number of thiol groups is 1. The minimum Gasteiger partial charge on any atom is -0.453 e. The Balaban J connectivity index is 1.59. The molecule has 0 spiro atoms. The van der Waals surface area contributed by atoms with E-state index in [0.29, 0.717) is 17.8 Å². The zero-order valence-electron chi connectivity index (χ0n) is 20.3. The van der Waals surface area contributed by atoms with Gasteiger partial charge >= 0.3 is 6.09 Å². The van der Waals surface area contributed by atoms with Gasteiger partial charge in [0.1, 0.15) is 11.0 Å². The molecule has 3 N–H and O–H groups in total. The van der Waals surface area contributed by atoms with Crippen molar-refractivity contribution in [3.05, 3.63) is 94.3 Å². The molecule has 2 amide bonds. The van der Waals surface area contributed by atoms with Gasteiger partial charge in [0.15, 0.2) is 0 Å². The van der Waals surface area contributed by atoms with E-state index in [0.717, 1.165) is 21.0 Å². The number of carbonyl (C=O) groups excluding carboxylic acids is 2. The van der Waals surface area contributed by atoms with Crippen LogP contribution in [-0.2, 0) is 33.3 Å². The summed E-state index contributed by atoms with van der Waals surface area (Å²) in [6.45, 7) is 0. The fourth-order valence-electron chi connectivity index (χ4n) is 3.78. The van der Waals surface area contributed by atoms with Crippen molar-refractivity contribution in [1.82, 2.24) is 15.6 Å². The molecule has 2 atom stereocenters. The minimum absolute atomic E-state index is 0.278. The number of nitrogens with zero attached hydrogens (tertiary/aromatic N) is 1. The number of benzene rings is 2. The van der Waals surface area contributed by atoms with Crippen LogP contribution in [0.15, 0.2) is 77.5 Å². The average Bonchev–Trinajstić information content (AvgIpc) is 3.62. The molecular weight excluding hydrogens is 545 g/mol. The predicted molar refractivity (Wildman–Crippen MR) is 150 cm³/mol. The lowest BCUT2D eigenvalue weighted by Crippen LogP contribution is -2.49. The predicted octanol–water partition coefficient (Wildman–Crippen LogP) is 4.18. The Bertz CT molecular complexity index is 1410. The number of nitrogens with one attached hydrogen (secondary N) is 3. The van der Waals surface area contributed by atoms with Crippen molar-refractivity contribution in [3.63, 3.8) is 0 Å². The lowest BCUT2D eigenvalue weighted by Gasteiger charge is -2.23. The van der Waals surface area contributed by atoms with Crippen LogP contribution in [0.25, 0.3) is 9.88 Å². The molecule has 0 unspecified atom stereocenters. The highest BCUT2D eigenvalue weighted by Gasteiger charge is 2.26. The largest absolute Gasteiger partial charge is 0.453 e. The Labute approximate surface area is 230 Å². The second-order valence-electron chi connectivity index (χ2n) is 8.26. The van der Waals surface area contributed by atoms with E-state index in [-0.39, 0.29) is 12.3 Å². The smallest absolute Gasteiger partial charge is 0.407 e. The van der Waals surface area contributed by atoms with Crippen molar-refractivity contribution in [2.75, 3.05) is 11.8 Å². The normalized spacial score (nSPS) is 12.5. The van der Waals surface area contributed by atoms with Crippen LogP contribution in [0.3, 0.4) is 0 Å². The standard InChI is InChI=1S/C26H26N4O5S3/c1-35-26(32)29-21(15-17-6-3-2-4-7-17)24(31)27-20(14-18-9-11-19(12-10-18)30-38(33)34)22-16-37-25(28-22)23-8-5-13-36-23/h2-13,16,20-21,38H,14-15H2,1H3,(H,27,31)(H,29,32)(H,30,33,34)/t20-,21+/m0/s1. The maximum absolute atomic E-state index is 13.5. The number of hydrogen-bond acceptors (Lipinski definition) is 8. The average molecular weight is 571 g/mol. The molecular formula is C26H26N4O5S3. The van der Waals surface area contributed by atoms with Gasteiger partial charge in [-0.3, -0.25) is 9.52 Å². The number of carbonyl (C=O) groups is 2. The van der Waals surface area contributed by atoms with E-state index in [9.17, 15) is 18.0 Å². The van der Waals surface area contributed by atoms with E-state index >= 15 is 0 Å². The van der Waals surface area contributed by atoms with Crippen molar-refractivity contribution in [2.24, 2.45) is 0 Å². The van der Waals surface area contributed by atoms with E-state index in [4.69, 9.17) is 9.72 Å². The van der Waals surface area contributed by atoms with Crippen LogP contribution < -0.4 is 15.4 Å². The maximum Gasteiger partial charge on any atom is 0.407 e. The van der Waals surface area contributed by atoms with Gasteiger partial charge in [0.2, 0.25) is 16.8 Å². The number of thiophene rings is 1.